The van der Waals surface area contributed by atoms with Crippen LogP contribution in [0, 0.1) is 11.3 Å². The molecular formula is C44H45Cl2N3O4S. The summed E-state index contributed by atoms with van der Waals surface area (Å²) in [6, 6.07) is 30.5. The molecule has 1 aliphatic rings. The summed E-state index contributed by atoms with van der Waals surface area (Å²) in [5, 5.41) is 23.6. The molecule has 280 valence electrons. The number of nitrogens with zero attached hydrogens (tertiary/aromatic N) is 3. The van der Waals surface area contributed by atoms with Crippen LogP contribution in [-0.4, -0.2) is 64.6 Å². The van der Waals surface area contributed by atoms with E-state index < -0.39 is 10.8 Å². The van der Waals surface area contributed by atoms with Crippen LogP contribution in [0.25, 0.3) is 10.8 Å². The maximum Gasteiger partial charge on any atom is 0.255 e. The molecule has 0 bridgehead atoms. The molecule has 0 radical (unpaired) electrons. The van der Waals surface area contributed by atoms with Crippen molar-refractivity contribution < 1.29 is 18.8 Å². The van der Waals surface area contributed by atoms with Gasteiger partial charge >= 0.3 is 0 Å². The minimum atomic E-state index is -1.13. The van der Waals surface area contributed by atoms with Crippen LogP contribution in [0.4, 0.5) is 0 Å². The summed E-state index contributed by atoms with van der Waals surface area (Å²) in [6.07, 6.45) is 4.84. The predicted molar refractivity (Wildman–Crippen MR) is 218 cm³/mol. The van der Waals surface area contributed by atoms with Gasteiger partial charge in [-0.1, -0.05) is 84.7 Å². The van der Waals surface area contributed by atoms with Crippen molar-refractivity contribution in [3.05, 3.63) is 134 Å². The summed E-state index contributed by atoms with van der Waals surface area (Å²) in [5.74, 6) is 0.802. The van der Waals surface area contributed by atoms with Gasteiger partial charge in [0.1, 0.15) is 11.5 Å². The number of likely N-dealkylation sites (tertiary alicyclic amines) is 1. The van der Waals surface area contributed by atoms with Gasteiger partial charge in [0.25, 0.3) is 5.91 Å². The SMILES string of the molecule is CCc1c(C#N)cc2ccccc2c1C(=O)N(Cc1ccccc1O)C[C@@H](CCN1CCC(c2ccc(OC)cc2[S@@](C)=O)CC1)c1ccc(Cl)c(Cl)c1. The predicted octanol–water partition coefficient (Wildman–Crippen LogP) is 9.73. The van der Waals surface area contributed by atoms with Gasteiger partial charge in [-0.05, 0) is 115 Å². The van der Waals surface area contributed by atoms with Gasteiger partial charge in [-0.3, -0.25) is 9.00 Å². The molecule has 0 aromatic heterocycles. The number of benzene rings is 5. The molecular weight excluding hydrogens is 737 g/mol. The number of fused-ring (bicyclic) bond motifs is 1. The molecule has 1 N–H and O–H groups in total. The number of para-hydroxylation sites is 1. The summed E-state index contributed by atoms with van der Waals surface area (Å²) < 4.78 is 18.1. The fraction of sp³-hybridized carbons (Fsp3) is 0.318. The summed E-state index contributed by atoms with van der Waals surface area (Å²) in [6.45, 7) is 5.04. The second-order valence-electron chi connectivity index (χ2n) is 13.9. The number of carbonyl (C=O) groups is 1. The van der Waals surface area contributed by atoms with Gasteiger partial charge in [-0.15, -0.1) is 0 Å². The smallest absolute Gasteiger partial charge is 0.255 e. The third-order valence-corrected chi connectivity index (χ3v) is 12.4. The Balaban J connectivity index is 1.31. The number of methoxy groups -OCH3 is 1. The average Bonchev–Trinajstić information content (AvgIpc) is 3.19. The zero-order chi connectivity index (χ0) is 38.4. The van der Waals surface area contributed by atoms with Crippen molar-refractivity contribution in [2.45, 2.75) is 55.9 Å². The Labute approximate surface area is 330 Å². The Kier molecular flexibility index (Phi) is 13.0. The van der Waals surface area contributed by atoms with E-state index in [0.29, 0.717) is 56.9 Å². The molecule has 1 amide bonds. The highest BCUT2D eigenvalue weighted by Gasteiger charge is 2.29. The van der Waals surface area contributed by atoms with Gasteiger partial charge in [0.15, 0.2) is 0 Å². The fourth-order valence-electron chi connectivity index (χ4n) is 7.76. The lowest BCUT2D eigenvalue weighted by Crippen LogP contribution is -2.38. The number of rotatable bonds is 13. The fourth-order valence-corrected chi connectivity index (χ4v) is 8.91. The lowest BCUT2D eigenvalue weighted by atomic mass is 9.88. The lowest BCUT2D eigenvalue weighted by Gasteiger charge is -2.35. The van der Waals surface area contributed by atoms with Gasteiger partial charge in [-0.25, -0.2) is 0 Å². The molecule has 1 aliphatic heterocycles. The Bertz CT molecular complexity index is 2210. The van der Waals surface area contributed by atoms with Gasteiger partial charge in [-0.2, -0.15) is 5.26 Å². The van der Waals surface area contributed by atoms with E-state index in [1.165, 1.54) is 0 Å². The first kappa shape index (κ1) is 39.3. The second-order valence-corrected chi connectivity index (χ2v) is 16.1. The first-order valence-corrected chi connectivity index (χ1v) is 20.6. The number of halogens is 2. The molecule has 0 spiro atoms. The topological polar surface area (TPSA) is 93.9 Å². The number of amides is 1. The number of hydrogen-bond donors (Lipinski definition) is 1. The van der Waals surface area contributed by atoms with Crippen LogP contribution in [-0.2, 0) is 23.8 Å². The van der Waals surface area contributed by atoms with Gasteiger partial charge in [0.05, 0.1) is 45.2 Å². The van der Waals surface area contributed by atoms with Gasteiger partial charge in [0, 0.05) is 35.7 Å². The van der Waals surface area contributed by atoms with Crippen LogP contribution < -0.4 is 4.74 Å². The number of aromatic hydroxyl groups is 1. The largest absolute Gasteiger partial charge is 0.508 e. The van der Waals surface area contributed by atoms with E-state index in [4.69, 9.17) is 27.9 Å². The van der Waals surface area contributed by atoms with Crippen LogP contribution in [0.2, 0.25) is 10.0 Å². The molecule has 0 saturated carbocycles. The Morgan fingerprint density at radius 2 is 1.76 bits per heavy atom. The minimum absolute atomic E-state index is 0.113. The monoisotopic (exact) mass is 781 g/mol. The Hall–Kier alpha value is -4.39. The minimum Gasteiger partial charge on any atom is -0.508 e. The van der Waals surface area contributed by atoms with Crippen LogP contribution >= 0.6 is 23.2 Å². The van der Waals surface area contributed by atoms with Crippen molar-refractivity contribution >= 4 is 50.7 Å². The molecule has 5 aromatic rings. The number of piperidine rings is 1. The van der Waals surface area contributed by atoms with Crippen molar-refractivity contribution in [1.29, 1.82) is 5.26 Å². The summed E-state index contributed by atoms with van der Waals surface area (Å²) in [5.41, 5.74) is 4.44. The second kappa shape index (κ2) is 17.8. The van der Waals surface area contributed by atoms with E-state index in [0.717, 1.165) is 65.7 Å². The molecule has 0 aliphatic carbocycles. The number of carbonyl (C=O) groups excluding carboxylic acids is 1. The van der Waals surface area contributed by atoms with Crippen LogP contribution in [0.3, 0.4) is 0 Å². The zero-order valence-corrected chi connectivity index (χ0v) is 33.2. The number of hydrogen-bond acceptors (Lipinski definition) is 6. The average molecular weight is 783 g/mol. The lowest BCUT2D eigenvalue weighted by molar-refractivity contribution is 0.0726. The van der Waals surface area contributed by atoms with E-state index in [2.05, 4.69) is 17.0 Å². The molecule has 10 heteroatoms. The summed E-state index contributed by atoms with van der Waals surface area (Å²) in [7, 11) is 0.496. The van der Waals surface area contributed by atoms with Crippen molar-refractivity contribution in [1.82, 2.24) is 9.80 Å². The number of phenolic OH excluding ortho intramolecular Hbond substituents is 1. The number of nitriles is 1. The van der Waals surface area contributed by atoms with Crippen molar-refractivity contribution in [2.75, 3.05) is 39.5 Å². The molecule has 1 saturated heterocycles. The highest BCUT2D eigenvalue weighted by molar-refractivity contribution is 7.84. The maximum absolute atomic E-state index is 15.1. The number of ether oxygens (including phenoxy) is 1. The van der Waals surface area contributed by atoms with Gasteiger partial charge < -0.3 is 19.6 Å². The van der Waals surface area contributed by atoms with Crippen LogP contribution in [0.15, 0.2) is 95.9 Å². The molecule has 6 rings (SSSR count). The summed E-state index contributed by atoms with van der Waals surface area (Å²) in [4.78, 5) is 20.2. The Morgan fingerprint density at radius 1 is 1.02 bits per heavy atom. The molecule has 0 unspecified atom stereocenters. The van der Waals surface area contributed by atoms with E-state index in [1.54, 1.807) is 31.6 Å². The maximum atomic E-state index is 15.1. The third kappa shape index (κ3) is 8.77. The van der Waals surface area contributed by atoms with Gasteiger partial charge in [0.2, 0.25) is 0 Å². The summed E-state index contributed by atoms with van der Waals surface area (Å²) >= 11 is 13.0. The molecule has 1 fully saturated rings. The molecule has 54 heavy (non-hydrogen) atoms. The standard InChI is InChI=1S/C44H45Cl2N3O4S/c1-4-36-34(26-47)23-31-9-5-7-11-38(31)43(36)44(51)49(28-33-10-6-8-12-41(33)50)27-32(30-13-16-39(45)40(46)24-30)19-22-48-20-17-29(18-21-48)37-15-14-35(53-2)25-42(37)54(3)52/h5-16,23-25,29,32,50H,4,17-22,27-28H2,1-3H3/t32-,54-/m1/s1. The van der Waals surface area contributed by atoms with Crippen molar-refractivity contribution in [2.24, 2.45) is 0 Å². The quantitative estimate of drug-likeness (QED) is 0.128. The molecule has 1 heterocycles. The molecule has 5 aromatic carbocycles. The first-order chi connectivity index (χ1) is 26.1. The zero-order valence-electron chi connectivity index (χ0n) is 30.9. The third-order valence-electron chi connectivity index (χ3n) is 10.7. The highest BCUT2D eigenvalue weighted by atomic mass is 35.5. The Morgan fingerprint density at radius 3 is 2.44 bits per heavy atom. The van der Waals surface area contributed by atoms with Crippen molar-refractivity contribution in [3.63, 3.8) is 0 Å². The normalized spacial score (nSPS) is 14.7. The molecule has 7 nitrogen and oxygen atoms in total. The molecule has 2 atom stereocenters. The van der Waals surface area contributed by atoms with E-state index in [-0.39, 0.29) is 24.1 Å². The van der Waals surface area contributed by atoms with E-state index in [1.807, 2.05) is 78.6 Å². The van der Waals surface area contributed by atoms with Crippen LogP contribution in [0.1, 0.15) is 76.2 Å². The van der Waals surface area contributed by atoms with E-state index in [9.17, 15) is 14.6 Å². The van der Waals surface area contributed by atoms with Crippen LogP contribution in [0.5, 0.6) is 11.5 Å². The van der Waals surface area contributed by atoms with Crippen molar-refractivity contribution in [3.8, 4) is 17.6 Å². The number of phenols is 1. The highest BCUT2D eigenvalue weighted by Crippen LogP contribution is 2.36. The van der Waals surface area contributed by atoms with E-state index >= 15 is 4.79 Å². The first-order valence-electron chi connectivity index (χ1n) is 18.3.